The van der Waals surface area contributed by atoms with Crippen LogP contribution < -0.4 is 0 Å². The smallest absolute Gasteiger partial charge is 0.332 e. The molecule has 6 heteroatoms. The molecule has 0 N–H and O–H groups in total. The van der Waals surface area contributed by atoms with E-state index in [4.69, 9.17) is 0 Å². The van der Waals surface area contributed by atoms with Gasteiger partial charge >= 0.3 is 17.9 Å². The predicted octanol–water partition coefficient (Wildman–Crippen LogP) is 3.51. The largest absolute Gasteiger partial charge is 0.469 e. The molecule has 1 rings (SSSR count). The Kier molecular flexibility index (Phi) is 21.7. The van der Waals surface area contributed by atoms with E-state index in [0.29, 0.717) is 5.57 Å². The van der Waals surface area contributed by atoms with Gasteiger partial charge in [0, 0.05) is 18.6 Å². The maximum Gasteiger partial charge on any atom is 0.332 e. The van der Waals surface area contributed by atoms with Crippen molar-refractivity contribution in [3.8, 4) is 0 Å². The van der Waals surface area contributed by atoms with E-state index in [1.165, 1.54) is 33.8 Å². The fourth-order valence-electron chi connectivity index (χ4n) is 0.971. The molecule has 0 saturated heterocycles. The number of esters is 3. The van der Waals surface area contributed by atoms with Gasteiger partial charge in [-0.05, 0) is 18.9 Å². The third-order valence-corrected chi connectivity index (χ3v) is 2.44. The molecule has 0 amide bonds. The Bertz CT molecular complexity index is 534. The van der Waals surface area contributed by atoms with Crippen molar-refractivity contribution in [1.29, 1.82) is 0 Å². The molecule has 0 aliphatic heterocycles. The van der Waals surface area contributed by atoms with Crippen LogP contribution in [0, 0.1) is 0 Å². The summed E-state index contributed by atoms with van der Waals surface area (Å²) in [5.41, 5.74) is 1.84. The van der Waals surface area contributed by atoms with Crippen LogP contribution in [0.1, 0.15) is 26.3 Å². The molecule has 0 saturated carbocycles. The minimum atomic E-state index is -0.394. The number of aryl methyl sites for hydroxylation is 1. The van der Waals surface area contributed by atoms with Crippen molar-refractivity contribution in [2.24, 2.45) is 0 Å². The number of rotatable bonds is 3. The Labute approximate surface area is 156 Å². The van der Waals surface area contributed by atoms with Gasteiger partial charge < -0.3 is 14.2 Å². The molecule has 0 spiro atoms. The summed E-state index contributed by atoms with van der Waals surface area (Å²) in [5.74, 6) is -0.986. The minimum Gasteiger partial charge on any atom is -0.469 e. The first-order valence-corrected chi connectivity index (χ1v) is 7.72. The lowest BCUT2D eigenvalue weighted by Crippen LogP contribution is -1.98. The molecule has 1 aromatic carbocycles. The van der Waals surface area contributed by atoms with E-state index >= 15 is 0 Å². The van der Waals surface area contributed by atoms with Gasteiger partial charge in [-0.15, -0.1) is 0 Å². The standard InChI is InChI=1S/C8H10.C5H8O2.C4H6O2.C3H6O2/c1-2-8-6-4-3-5-7-8;1-4(2)5(6)7-3;1-3-4(5)6-2;1-3(4)5-2/h3-7H,2H2,1H3;1H2,2-3H3;3H,1H2,2H3;1-2H3. The maximum absolute atomic E-state index is 10.2. The van der Waals surface area contributed by atoms with Crippen LogP contribution in [-0.4, -0.2) is 39.2 Å². The average molecular weight is 366 g/mol. The fraction of sp³-hybridized carbons (Fsp3) is 0.350. The molecular formula is C20H30O6. The zero-order chi connectivity index (χ0) is 21.0. The number of benzene rings is 1. The molecular weight excluding hydrogens is 336 g/mol. The average Bonchev–Trinajstić information content (AvgIpc) is 2.68. The van der Waals surface area contributed by atoms with Gasteiger partial charge in [0.1, 0.15) is 0 Å². The number of ether oxygens (including phenoxy) is 3. The number of methoxy groups -OCH3 is 3. The quantitative estimate of drug-likeness (QED) is 0.463. The lowest BCUT2D eigenvalue weighted by atomic mass is 10.2. The van der Waals surface area contributed by atoms with Crippen molar-refractivity contribution in [2.75, 3.05) is 21.3 Å². The summed E-state index contributed by atoms with van der Waals surface area (Å²) in [4.78, 5) is 29.6. The third-order valence-electron chi connectivity index (χ3n) is 2.44. The van der Waals surface area contributed by atoms with Gasteiger partial charge in [0.2, 0.25) is 0 Å². The number of hydrogen-bond acceptors (Lipinski definition) is 6. The summed E-state index contributed by atoms with van der Waals surface area (Å²) >= 11 is 0. The summed E-state index contributed by atoms with van der Waals surface area (Å²) in [7, 11) is 3.99. The van der Waals surface area contributed by atoms with Crippen molar-refractivity contribution in [2.45, 2.75) is 27.2 Å². The van der Waals surface area contributed by atoms with Crippen LogP contribution in [0.25, 0.3) is 0 Å². The Morgan fingerprint density at radius 1 is 0.962 bits per heavy atom. The zero-order valence-electron chi connectivity index (χ0n) is 16.5. The lowest BCUT2D eigenvalue weighted by Gasteiger charge is -1.91. The molecule has 0 radical (unpaired) electrons. The van der Waals surface area contributed by atoms with Gasteiger partial charge in [-0.1, -0.05) is 50.4 Å². The van der Waals surface area contributed by atoms with Crippen molar-refractivity contribution in [3.63, 3.8) is 0 Å². The Balaban J connectivity index is -0.000000276. The molecule has 0 aliphatic rings. The first-order valence-electron chi connectivity index (χ1n) is 7.72. The van der Waals surface area contributed by atoms with Crippen LogP contribution in [0.4, 0.5) is 0 Å². The van der Waals surface area contributed by atoms with Gasteiger partial charge in [-0.3, -0.25) is 4.79 Å². The molecule has 0 bridgehead atoms. The van der Waals surface area contributed by atoms with E-state index < -0.39 is 5.97 Å². The highest BCUT2D eigenvalue weighted by molar-refractivity contribution is 5.86. The van der Waals surface area contributed by atoms with E-state index in [2.05, 4.69) is 58.6 Å². The number of hydrogen-bond donors (Lipinski definition) is 0. The molecule has 26 heavy (non-hydrogen) atoms. The first-order chi connectivity index (χ1) is 12.2. The van der Waals surface area contributed by atoms with Crippen molar-refractivity contribution >= 4 is 17.9 Å². The van der Waals surface area contributed by atoms with Gasteiger partial charge in [-0.2, -0.15) is 0 Å². The second kappa shape index (κ2) is 20.2. The summed E-state index contributed by atoms with van der Waals surface area (Å²) in [6.45, 7) is 11.6. The van der Waals surface area contributed by atoms with E-state index in [1.807, 2.05) is 6.07 Å². The molecule has 0 unspecified atom stereocenters. The highest BCUT2D eigenvalue weighted by Gasteiger charge is 1.95. The second-order valence-corrected chi connectivity index (χ2v) is 4.53. The summed E-state index contributed by atoms with van der Waals surface area (Å²) in [5, 5.41) is 0. The van der Waals surface area contributed by atoms with Gasteiger partial charge in [-0.25, -0.2) is 9.59 Å². The van der Waals surface area contributed by atoms with Gasteiger partial charge in [0.25, 0.3) is 0 Å². The molecule has 0 fully saturated rings. The molecule has 1 aromatic rings. The van der Waals surface area contributed by atoms with Crippen molar-refractivity contribution in [3.05, 3.63) is 60.7 Å². The molecule has 6 nitrogen and oxygen atoms in total. The minimum absolute atomic E-state index is 0.245. The molecule has 0 heterocycles. The van der Waals surface area contributed by atoms with Gasteiger partial charge in [0.05, 0.1) is 21.3 Å². The SMILES string of the molecule is C=C(C)C(=O)OC.C=CC(=O)OC.CCc1ccccc1.COC(C)=O. The summed E-state index contributed by atoms with van der Waals surface area (Å²) < 4.78 is 12.5. The summed E-state index contributed by atoms with van der Waals surface area (Å²) in [6, 6.07) is 10.5. The maximum atomic E-state index is 10.2. The third kappa shape index (κ3) is 23.4. The second-order valence-electron chi connectivity index (χ2n) is 4.53. The van der Waals surface area contributed by atoms with Crippen LogP contribution in [0.2, 0.25) is 0 Å². The first kappa shape index (κ1) is 27.9. The van der Waals surface area contributed by atoms with Crippen LogP contribution in [0.15, 0.2) is 55.1 Å². The van der Waals surface area contributed by atoms with Crippen LogP contribution in [0.5, 0.6) is 0 Å². The van der Waals surface area contributed by atoms with Gasteiger partial charge in [0.15, 0.2) is 0 Å². The number of carbonyl (C=O) groups excluding carboxylic acids is 3. The summed E-state index contributed by atoms with van der Waals surface area (Å²) in [6.07, 6.45) is 2.25. The molecule has 0 atom stereocenters. The van der Waals surface area contributed by atoms with E-state index in [0.717, 1.165) is 12.5 Å². The van der Waals surface area contributed by atoms with E-state index in [-0.39, 0.29) is 11.9 Å². The van der Waals surface area contributed by atoms with Crippen LogP contribution >= 0.6 is 0 Å². The highest BCUT2D eigenvalue weighted by atomic mass is 16.5. The predicted molar refractivity (Wildman–Crippen MR) is 103 cm³/mol. The molecule has 0 aliphatic carbocycles. The monoisotopic (exact) mass is 366 g/mol. The normalized spacial score (nSPS) is 7.77. The zero-order valence-corrected chi connectivity index (χ0v) is 16.5. The van der Waals surface area contributed by atoms with Crippen molar-refractivity contribution in [1.82, 2.24) is 0 Å². The Morgan fingerprint density at radius 2 is 1.42 bits per heavy atom. The Morgan fingerprint density at radius 3 is 1.54 bits per heavy atom. The van der Waals surface area contributed by atoms with E-state index in [1.54, 1.807) is 6.92 Å². The highest BCUT2D eigenvalue weighted by Crippen LogP contribution is 1.96. The van der Waals surface area contributed by atoms with Crippen LogP contribution in [-0.2, 0) is 35.0 Å². The Hall–Kier alpha value is -2.89. The molecule has 0 aromatic heterocycles. The van der Waals surface area contributed by atoms with Crippen LogP contribution in [0.3, 0.4) is 0 Å². The number of carbonyl (C=O) groups is 3. The fourth-order valence-corrected chi connectivity index (χ4v) is 0.971. The van der Waals surface area contributed by atoms with Crippen molar-refractivity contribution < 1.29 is 28.6 Å². The lowest BCUT2D eigenvalue weighted by molar-refractivity contribution is -0.138. The van der Waals surface area contributed by atoms with E-state index in [9.17, 15) is 14.4 Å². The topological polar surface area (TPSA) is 78.9 Å². The molecule has 146 valence electrons.